The van der Waals surface area contributed by atoms with Crippen molar-refractivity contribution in [1.82, 2.24) is 9.78 Å². The van der Waals surface area contributed by atoms with Crippen LogP contribution in [0.15, 0.2) is 24.5 Å². The average Bonchev–Trinajstić information content (AvgIpc) is 2.73. The van der Waals surface area contributed by atoms with Crippen molar-refractivity contribution in [2.45, 2.75) is 19.9 Å². The predicted octanol–water partition coefficient (Wildman–Crippen LogP) is 0.893. The molecule has 0 fully saturated rings. The number of amides is 2. The molecular formula is C10H11N3O2. The Morgan fingerprint density at radius 2 is 1.80 bits per heavy atom. The van der Waals surface area contributed by atoms with Gasteiger partial charge in [0, 0.05) is 24.4 Å². The minimum absolute atomic E-state index is 0.208. The fourth-order valence-electron chi connectivity index (χ4n) is 1.38. The highest BCUT2D eigenvalue weighted by atomic mass is 16.2. The number of hydrogen-bond acceptors (Lipinski definition) is 3. The zero-order valence-corrected chi connectivity index (χ0v) is 8.54. The van der Waals surface area contributed by atoms with E-state index in [2.05, 4.69) is 5.10 Å². The summed E-state index contributed by atoms with van der Waals surface area (Å²) in [6.45, 7) is 3.95. The van der Waals surface area contributed by atoms with E-state index in [9.17, 15) is 9.59 Å². The smallest absolute Gasteiger partial charge is 0.258 e. The Kier molecular flexibility index (Phi) is 2.15. The van der Waals surface area contributed by atoms with Crippen molar-refractivity contribution in [2.75, 3.05) is 4.90 Å². The molecular weight excluding hydrogens is 194 g/mol. The lowest BCUT2D eigenvalue weighted by molar-refractivity contribution is -0.119. The van der Waals surface area contributed by atoms with Gasteiger partial charge in [-0.3, -0.25) is 14.3 Å². The zero-order chi connectivity index (χ0) is 11.0. The Morgan fingerprint density at radius 1 is 1.20 bits per heavy atom. The quantitative estimate of drug-likeness (QED) is 0.674. The van der Waals surface area contributed by atoms with Crippen LogP contribution in [0.1, 0.15) is 19.9 Å². The van der Waals surface area contributed by atoms with Crippen molar-refractivity contribution in [3.05, 3.63) is 24.5 Å². The lowest BCUT2D eigenvalue weighted by atomic mass is 10.4. The number of carbonyl (C=O) groups excluding carboxylic acids is 2. The zero-order valence-electron chi connectivity index (χ0n) is 8.54. The highest BCUT2D eigenvalue weighted by molar-refractivity contribution is 6.28. The average molecular weight is 205 g/mol. The second kappa shape index (κ2) is 3.34. The van der Waals surface area contributed by atoms with Gasteiger partial charge in [0.25, 0.3) is 11.8 Å². The first kappa shape index (κ1) is 9.64. The van der Waals surface area contributed by atoms with E-state index in [1.165, 1.54) is 18.3 Å². The van der Waals surface area contributed by atoms with E-state index in [-0.39, 0.29) is 17.9 Å². The van der Waals surface area contributed by atoms with Gasteiger partial charge in [-0.25, -0.2) is 4.90 Å². The molecule has 0 N–H and O–H groups in total. The van der Waals surface area contributed by atoms with E-state index in [1.54, 1.807) is 10.9 Å². The van der Waals surface area contributed by atoms with Gasteiger partial charge in [0.1, 0.15) is 0 Å². The molecule has 2 amide bonds. The number of anilines is 1. The summed E-state index contributed by atoms with van der Waals surface area (Å²) in [5.74, 6) is -0.633. The van der Waals surface area contributed by atoms with Gasteiger partial charge >= 0.3 is 0 Å². The fraction of sp³-hybridized carbons (Fsp3) is 0.300. The fourth-order valence-corrected chi connectivity index (χ4v) is 1.38. The highest BCUT2D eigenvalue weighted by Gasteiger charge is 2.26. The number of carbonyl (C=O) groups is 2. The first-order chi connectivity index (χ1) is 7.09. The van der Waals surface area contributed by atoms with Crippen LogP contribution in [0.4, 0.5) is 5.69 Å². The molecule has 0 saturated heterocycles. The second-order valence-corrected chi connectivity index (χ2v) is 3.62. The van der Waals surface area contributed by atoms with Gasteiger partial charge in [0.2, 0.25) is 0 Å². The maximum atomic E-state index is 11.3. The van der Waals surface area contributed by atoms with Crippen molar-refractivity contribution >= 4 is 17.5 Å². The van der Waals surface area contributed by atoms with Gasteiger partial charge in [0.15, 0.2) is 0 Å². The molecule has 2 rings (SSSR count). The van der Waals surface area contributed by atoms with Crippen LogP contribution >= 0.6 is 0 Å². The summed E-state index contributed by atoms with van der Waals surface area (Å²) in [6.07, 6.45) is 5.72. The molecule has 0 spiro atoms. The summed E-state index contributed by atoms with van der Waals surface area (Å²) in [6, 6.07) is 0.208. The Hall–Kier alpha value is -1.91. The Labute approximate surface area is 87.0 Å². The highest BCUT2D eigenvalue weighted by Crippen LogP contribution is 2.19. The van der Waals surface area contributed by atoms with E-state index in [4.69, 9.17) is 0 Å². The Morgan fingerprint density at radius 3 is 2.27 bits per heavy atom. The first-order valence-corrected chi connectivity index (χ1v) is 4.70. The van der Waals surface area contributed by atoms with Crippen LogP contribution in [0.3, 0.4) is 0 Å². The van der Waals surface area contributed by atoms with Gasteiger partial charge in [-0.15, -0.1) is 0 Å². The first-order valence-electron chi connectivity index (χ1n) is 4.70. The minimum Gasteiger partial charge on any atom is -0.269 e. The molecule has 0 aromatic carbocycles. The maximum absolute atomic E-state index is 11.3. The number of nitrogens with zero attached hydrogens (tertiary/aromatic N) is 3. The topological polar surface area (TPSA) is 55.2 Å². The van der Waals surface area contributed by atoms with E-state index in [1.807, 2.05) is 13.8 Å². The van der Waals surface area contributed by atoms with Crippen molar-refractivity contribution in [2.24, 2.45) is 0 Å². The van der Waals surface area contributed by atoms with E-state index < -0.39 is 0 Å². The van der Waals surface area contributed by atoms with Crippen LogP contribution in [-0.4, -0.2) is 21.6 Å². The largest absolute Gasteiger partial charge is 0.269 e. The van der Waals surface area contributed by atoms with Gasteiger partial charge in [0.05, 0.1) is 11.9 Å². The summed E-state index contributed by atoms with van der Waals surface area (Å²) >= 11 is 0. The van der Waals surface area contributed by atoms with E-state index >= 15 is 0 Å². The Balaban J connectivity index is 2.30. The second-order valence-electron chi connectivity index (χ2n) is 3.62. The number of hydrogen-bond donors (Lipinski definition) is 0. The van der Waals surface area contributed by atoms with Gasteiger partial charge in [-0.2, -0.15) is 5.10 Å². The van der Waals surface area contributed by atoms with Crippen LogP contribution in [0, 0.1) is 0 Å². The van der Waals surface area contributed by atoms with Crippen molar-refractivity contribution in [1.29, 1.82) is 0 Å². The van der Waals surface area contributed by atoms with Crippen LogP contribution in [-0.2, 0) is 9.59 Å². The molecule has 0 bridgehead atoms. The van der Waals surface area contributed by atoms with Crippen LogP contribution < -0.4 is 4.90 Å². The summed E-state index contributed by atoms with van der Waals surface area (Å²) in [7, 11) is 0. The standard InChI is InChI=1S/C10H11N3O2/c1-7(2)12-6-8(5-11-12)13-9(14)3-4-10(13)15/h3-7H,1-2H3. The lowest BCUT2D eigenvalue weighted by Crippen LogP contribution is -2.29. The molecule has 2 heterocycles. The lowest BCUT2D eigenvalue weighted by Gasteiger charge is -2.10. The van der Waals surface area contributed by atoms with Crippen molar-refractivity contribution in [3.63, 3.8) is 0 Å². The molecule has 1 aliphatic rings. The molecule has 78 valence electrons. The molecule has 5 heteroatoms. The summed E-state index contributed by atoms with van der Waals surface area (Å²) in [4.78, 5) is 23.8. The van der Waals surface area contributed by atoms with Gasteiger partial charge in [-0.05, 0) is 13.8 Å². The third-order valence-corrected chi connectivity index (χ3v) is 2.18. The number of rotatable bonds is 2. The molecule has 5 nitrogen and oxygen atoms in total. The monoisotopic (exact) mass is 205 g/mol. The summed E-state index contributed by atoms with van der Waals surface area (Å²) < 4.78 is 1.70. The SMILES string of the molecule is CC(C)n1cc(N2C(=O)C=CC2=O)cn1. The predicted molar refractivity (Wildman–Crippen MR) is 54.2 cm³/mol. The third-order valence-electron chi connectivity index (χ3n) is 2.18. The Bertz CT molecular complexity index is 427. The van der Waals surface area contributed by atoms with Crippen molar-refractivity contribution in [3.8, 4) is 0 Å². The molecule has 0 radical (unpaired) electrons. The summed E-state index contributed by atoms with van der Waals surface area (Å²) in [5.41, 5.74) is 0.517. The van der Waals surface area contributed by atoms with Gasteiger partial charge in [-0.1, -0.05) is 0 Å². The molecule has 0 unspecified atom stereocenters. The minimum atomic E-state index is -0.316. The molecule has 0 saturated carbocycles. The molecule has 15 heavy (non-hydrogen) atoms. The molecule has 0 atom stereocenters. The van der Waals surface area contributed by atoms with Crippen LogP contribution in [0.2, 0.25) is 0 Å². The normalized spacial score (nSPS) is 15.8. The molecule has 0 aliphatic carbocycles. The number of imide groups is 1. The molecule has 1 aromatic heterocycles. The van der Waals surface area contributed by atoms with E-state index in [0.29, 0.717) is 5.69 Å². The van der Waals surface area contributed by atoms with Crippen molar-refractivity contribution < 1.29 is 9.59 Å². The summed E-state index contributed by atoms with van der Waals surface area (Å²) in [5, 5.41) is 4.07. The number of aromatic nitrogens is 2. The van der Waals surface area contributed by atoms with Crippen LogP contribution in [0.25, 0.3) is 0 Å². The van der Waals surface area contributed by atoms with E-state index in [0.717, 1.165) is 4.90 Å². The van der Waals surface area contributed by atoms with Crippen LogP contribution in [0.5, 0.6) is 0 Å². The third kappa shape index (κ3) is 1.56. The molecule has 1 aliphatic heterocycles. The maximum Gasteiger partial charge on any atom is 0.258 e. The molecule has 1 aromatic rings. The van der Waals surface area contributed by atoms with Gasteiger partial charge < -0.3 is 0 Å².